The first kappa shape index (κ1) is 10.7. The van der Waals surface area contributed by atoms with Crippen LogP contribution in [0.3, 0.4) is 0 Å². The van der Waals surface area contributed by atoms with Gasteiger partial charge in [-0.25, -0.2) is 4.98 Å². The van der Waals surface area contributed by atoms with E-state index in [4.69, 9.17) is 0 Å². The van der Waals surface area contributed by atoms with Crippen LogP contribution in [0, 0.1) is 0 Å². The molecule has 3 rings (SSSR count). The summed E-state index contributed by atoms with van der Waals surface area (Å²) in [6.07, 6.45) is 7.47. The Bertz CT molecular complexity index is 615. The molecule has 18 heavy (non-hydrogen) atoms. The SMILES string of the molecule is c1ccc(-c2nccn2Cc2ccncc2)cc1. The molecule has 0 saturated carbocycles. The van der Waals surface area contributed by atoms with E-state index in [0.29, 0.717) is 0 Å². The van der Waals surface area contributed by atoms with Crippen molar-refractivity contribution in [2.75, 3.05) is 0 Å². The third-order valence-electron chi connectivity index (χ3n) is 2.85. The Balaban J connectivity index is 1.93. The Labute approximate surface area is 106 Å². The van der Waals surface area contributed by atoms with Gasteiger partial charge in [0.1, 0.15) is 5.82 Å². The third-order valence-corrected chi connectivity index (χ3v) is 2.85. The zero-order valence-corrected chi connectivity index (χ0v) is 9.90. The molecule has 3 nitrogen and oxygen atoms in total. The zero-order chi connectivity index (χ0) is 12.2. The zero-order valence-electron chi connectivity index (χ0n) is 9.90. The van der Waals surface area contributed by atoms with Crippen molar-refractivity contribution in [1.82, 2.24) is 14.5 Å². The van der Waals surface area contributed by atoms with Gasteiger partial charge >= 0.3 is 0 Å². The van der Waals surface area contributed by atoms with Gasteiger partial charge in [-0.3, -0.25) is 4.98 Å². The molecule has 0 unspecified atom stereocenters. The second-order valence-electron chi connectivity index (χ2n) is 4.10. The number of imidazole rings is 1. The van der Waals surface area contributed by atoms with Crippen LogP contribution in [0.2, 0.25) is 0 Å². The second-order valence-corrected chi connectivity index (χ2v) is 4.10. The second kappa shape index (κ2) is 4.84. The van der Waals surface area contributed by atoms with Crippen LogP contribution < -0.4 is 0 Å². The average molecular weight is 235 g/mol. The Kier molecular flexibility index (Phi) is 2.88. The number of hydrogen-bond acceptors (Lipinski definition) is 2. The lowest BCUT2D eigenvalue weighted by Gasteiger charge is -2.07. The van der Waals surface area contributed by atoms with E-state index in [0.717, 1.165) is 17.9 Å². The van der Waals surface area contributed by atoms with Crippen molar-refractivity contribution in [2.24, 2.45) is 0 Å². The van der Waals surface area contributed by atoms with Crippen LogP contribution >= 0.6 is 0 Å². The van der Waals surface area contributed by atoms with Crippen molar-refractivity contribution in [3.8, 4) is 11.4 Å². The number of nitrogens with zero attached hydrogens (tertiary/aromatic N) is 3. The number of hydrogen-bond donors (Lipinski definition) is 0. The van der Waals surface area contributed by atoms with E-state index < -0.39 is 0 Å². The number of pyridine rings is 1. The lowest BCUT2D eigenvalue weighted by molar-refractivity contribution is 0.805. The molecule has 0 aliphatic heterocycles. The monoisotopic (exact) mass is 235 g/mol. The maximum absolute atomic E-state index is 4.43. The van der Waals surface area contributed by atoms with Gasteiger partial charge in [0.2, 0.25) is 0 Å². The molecule has 0 fully saturated rings. The van der Waals surface area contributed by atoms with Crippen molar-refractivity contribution in [3.05, 3.63) is 72.8 Å². The van der Waals surface area contributed by atoms with Gasteiger partial charge in [0.15, 0.2) is 0 Å². The van der Waals surface area contributed by atoms with Crippen molar-refractivity contribution in [1.29, 1.82) is 0 Å². The highest BCUT2D eigenvalue weighted by molar-refractivity contribution is 5.55. The quantitative estimate of drug-likeness (QED) is 0.698. The fraction of sp³-hybridized carbons (Fsp3) is 0.0667. The summed E-state index contributed by atoms with van der Waals surface area (Å²) in [5.41, 5.74) is 2.36. The summed E-state index contributed by atoms with van der Waals surface area (Å²) in [7, 11) is 0. The molecule has 0 spiro atoms. The molecule has 0 radical (unpaired) electrons. The van der Waals surface area contributed by atoms with Crippen LogP contribution in [-0.4, -0.2) is 14.5 Å². The van der Waals surface area contributed by atoms with E-state index in [1.165, 1.54) is 5.56 Å². The summed E-state index contributed by atoms with van der Waals surface area (Å²) in [5, 5.41) is 0. The highest BCUT2D eigenvalue weighted by Gasteiger charge is 2.05. The van der Waals surface area contributed by atoms with Crippen LogP contribution in [0.15, 0.2) is 67.3 Å². The van der Waals surface area contributed by atoms with Crippen LogP contribution in [0.25, 0.3) is 11.4 Å². The summed E-state index contributed by atoms with van der Waals surface area (Å²) in [5.74, 6) is 0.993. The Hall–Kier alpha value is -2.42. The number of benzene rings is 1. The normalized spacial score (nSPS) is 10.4. The van der Waals surface area contributed by atoms with Crippen LogP contribution in [-0.2, 0) is 6.54 Å². The molecule has 1 aromatic carbocycles. The first-order chi connectivity index (χ1) is 8.93. The molecule has 0 saturated heterocycles. The molecular weight excluding hydrogens is 222 g/mol. The minimum absolute atomic E-state index is 0.812. The maximum atomic E-state index is 4.43. The molecule has 0 amide bonds. The number of rotatable bonds is 3. The lowest BCUT2D eigenvalue weighted by Crippen LogP contribution is -2.00. The fourth-order valence-corrected chi connectivity index (χ4v) is 1.97. The molecule has 0 aliphatic carbocycles. The van der Waals surface area contributed by atoms with Crippen molar-refractivity contribution < 1.29 is 0 Å². The van der Waals surface area contributed by atoms with Gasteiger partial charge in [-0.1, -0.05) is 30.3 Å². The summed E-state index contributed by atoms with van der Waals surface area (Å²) in [6.45, 7) is 0.812. The van der Waals surface area contributed by atoms with Crippen LogP contribution in [0.1, 0.15) is 5.56 Å². The molecule has 0 atom stereocenters. The third kappa shape index (κ3) is 2.15. The van der Waals surface area contributed by atoms with Gasteiger partial charge in [-0.05, 0) is 17.7 Å². The van der Waals surface area contributed by atoms with Gasteiger partial charge in [0.05, 0.1) is 0 Å². The standard InChI is InChI=1S/C15H13N3/c1-2-4-14(5-3-1)15-17-10-11-18(15)12-13-6-8-16-9-7-13/h1-11H,12H2. The minimum atomic E-state index is 0.812. The molecule has 2 heterocycles. The molecule has 0 aliphatic rings. The van der Waals surface area contributed by atoms with Crippen LogP contribution in [0.5, 0.6) is 0 Å². The molecule has 2 aromatic heterocycles. The maximum Gasteiger partial charge on any atom is 0.140 e. The van der Waals surface area contributed by atoms with Crippen LogP contribution in [0.4, 0.5) is 0 Å². The van der Waals surface area contributed by atoms with Gasteiger partial charge < -0.3 is 4.57 Å². The molecule has 0 N–H and O–H groups in total. The predicted octanol–water partition coefficient (Wildman–Crippen LogP) is 2.99. The summed E-state index contributed by atoms with van der Waals surface area (Å²) in [4.78, 5) is 8.46. The first-order valence-electron chi connectivity index (χ1n) is 5.89. The fourth-order valence-electron chi connectivity index (χ4n) is 1.97. The average Bonchev–Trinajstić information content (AvgIpc) is 2.89. The molecule has 3 heteroatoms. The van der Waals surface area contributed by atoms with E-state index in [9.17, 15) is 0 Å². The van der Waals surface area contributed by atoms with Crippen molar-refractivity contribution in [2.45, 2.75) is 6.54 Å². The molecular formula is C15H13N3. The van der Waals surface area contributed by atoms with Gasteiger partial charge in [-0.2, -0.15) is 0 Å². The Morgan fingerprint density at radius 3 is 2.44 bits per heavy atom. The van der Waals surface area contributed by atoms with E-state index in [-0.39, 0.29) is 0 Å². The molecule has 88 valence electrons. The highest BCUT2D eigenvalue weighted by Crippen LogP contribution is 2.17. The number of aromatic nitrogens is 3. The van der Waals surface area contributed by atoms with Gasteiger partial charge in [0.25, 0.3) is 0 Å². The smallest absolute Gasteiger partial charge is 0.140 e. The van der Waals surface area contributed by atoms with E-state index in [2.05, 4.69) is 26.7 Å². The van der Waals surface area contributed by atoms with Crippen molar-refractivity contribution in [3.63, 3.8) is 0 Å². The van der Waals surface area contributed by atoms with E-state index in [1.807, 2.05) is 55.1 Å². The predicted molar refractivity (Wildman–Crippen MR) is 71.0 cm³/mol. The Morgan fingerprint density at radius 2 is 1.67 bits per heavy atom. The summed E-state index contributed by atoms with van der Waals surface area (Å²) >= 11 is 0. The summed E-state index contributed by atoms with van der Waals surface area (Å²) < 4.78 is 2.14. The minimum Gasteiger partial charge on any atom is -0.327 e. The van der Waals surface area contributed by atoms with Crippen molar-refractivity contribution >= 4 is 0 Å². The largest absolute Gasteiger partial charge is 0.327 e. The first-order valence-corrected chi connectivity index (χ1v) is 5.89. The Morgan fingerprint density at radius 1 is 0.889 bits per heavy atom. The highest BCUT2D eigenvalue weighted by atomic mass is 15.1. The molecule has 0 bridgehead atoms. The molecule has 3 aromatic rings. The van der Waals surface area contributed by atoms with Gasteiger partial charge in [-0.15, -0.1) is 0 Å². The lowest BCUT2D eigenvalue weighted by atomic mass is 10.2. The van der Waals surface area contributed by atoms with E-state index in [1.54, 1.807) is 0 Å². The van der Waals surface area contributed by atoms with Gasteiger partial charge in [0, 0.05) is 36.9 Å². The topological polar surface area (TPSA) is 30.7 Å². The summed E-state index contributed by atoms with van der Waals surface area (Å²) in [6, 6.07) is 14.3. The van der Waals surface area contributed by atoms with E-state index >= 15 is 0 Å².